The fraction of sp³-hybridized carbons (Fsp3) is 0.360. The number of rotatable bonds is 5. The van der Waals surface area contributed by atoms with Gasteiger partial charge in [0, 0.05) is 37.3 Å². The van der Waals surface area contributed by atoms with E-state index < -0.39 is 15.4 Å². The van der Waals surface area contributed by atoms with Gasteiger partial charge >= 0.3 is 0 Å². The minimum Gasteiger partial charge on any atom is -0.386 e. The summed E-state index contributed by atoms with van der Waals surface area (Å²) in [4.78, 5) is 11.4. The van der Waals surface area contributed by atoms with E-state index in [1.165, 1.54) is 6.26 Å². The Kier molecular flexibility index (Phi) is 5.80. The Morgan fingerprint density at radius 2 is 1.60 bits per heavy atom. The molecule has 5 rings (SSSR count). The van der Waals surface area contributed by atoms with E-state index in [0.29, 0.717) is 16.4 Å². The van der Waals surface area contributed by atoms with Gasteiger partial charge < -0.3 is 10.0 Å². The van der Waals surface area contributed by atoms with Gasteiger partial charge in [0.1, 0.15) is 5.52 Å². The largest absolute Gasteiger partial charge is 0.386 e. The molecule has 0 atom stereocenters. The lowest BCUT2D eigenvalue weighted by Gasteiger charge is -2.32. The smallest absolute Gasteiger partial charge is 0.225 e. The first kappa shape index (κ1) is 23.4. The highest BCUT2D eigenvalue weighted by molar-refractivity contribution is 7.90. The number of anilines is 1. The molecule has 1 N–H and O–H groups in total. The number of hydrogen-bond donors (Lipinski definition) is 1. The summed E-state index contributed by atoms with van der Waals surface area (Å²) in [7, 11) is -3.22. The maximum absolute atomic E-state index is 11.7. The summed E-state index contributed by atoms with van der Waals surface area (Å²) in [6.45, 7) is 5.05. The second-order valence-corrected chi connectivity index (χ2v) is 11.6. The molecule has 182 valence electrons. The fourth-order valence-corrected chi connectivity index (χ4v) is 5.03. The maximum Gasteiger partial charge on any atom is 0.225 e. The van der Waals surface area contributed by atoms with E-state index in [2.05, 4.69) is 25.2 Å². The van der Waals surface area contributed by atoms with E-state index >= 15 is 0 Å². The quantitative estimate of drug-likeness (QED) is 0.451. The van der Waals surface area contributed by atoms with Gasteiger partial charge in [-0.15, -0.1) is 5.10 Å². The summed E-state index contributed by atoms with van der Waals surface area (Å²) in [5.74, 6) is 0.673. The molecular weight excluding hydrogens is 464 g/mol. The number of piperidine rings is 1. The van der Waals surface area contributed by atoms with Crippen molar-refractivity contribution < 1.29 is 13.5 Å². The number of hydrogen-bond acceptors (Lipinski definition) is 8. The average Bonchev–Trinajstić information content (AvgIpc) is 3.27. The van der Waals surface area contributed by atoms with Crippen molar-refractivity contribution in [1.29, 1.82) is 0 Å². The van der Waals surface area contributed by atoms with Crippen LogP contribution in [0.3, 0.4) is 0 Å². The second kappa shape index (κ2) is 8.69. The Hall–Kier alpha value is -3.37. The molecule has 2 aromatic carbocycles. The molecule has 0 saturated carbocycles. The Bertz CT molecular complexity index is 1450. The van der Waals surface area contributed by atoms with E-state index in [1.54, 1.807) is 38.4 Å². The van der Waals surface area contributed by atoms with Gasteiger partial charge in [0.05, 0.1) is 22.1 Å². The molecular formula is C25H28N6O3S. The van der Waals surface area contributed by atoms with Crippen LogP contribution in [0.5, 0.6) is 0 Å². The molecule has 0 radical (unpaired) electrons. The van der Waals surface area contributed by atoms with Crippen LogP contribution >= 0.6 is 0 Å². The number of aliphatic hydroxyl groups is 1. The maximum atomic E-state index is 11.7. The first-order valence-corrected chi connectivity index (χ1v) is 13.4. The summed E-state index contributed by atoms with van der Waals surface area (Å²) >= 11 is 0. The number of nitrogens with zero attached hydrogens (tertiary/aromatic N) is 6. The highest BCUT2D eigenvalue weighted by atomic mass is 32.2. The lowest BCUT2D eigenvalue weighted by Crippen LogP contribution is -2.36. The third kappa shape index (κ3) is 4.76. The van der Waals surface area contributed by atoms with Crippen molar-refractivity contribution in [2.24, 2.45) is 0 Å². The lowest BCUT2D eigenvalue weighted by atomic mass is 10.0. The molecule has 0 amide bonds. The lowest BCUT2D eigenvalue weighted by molar-refractivity contribution is 0.0778. The van der Waals surface area contributed by atoms with Gasteiger partial charge in [-0.05, 0) is 62.1 Å². The van der Waals surface area contributed by atoms with Gasteiger partial charge in [-0.25, -0.2) is 23.1 Å². The molecule has 9 nitrogen and oxygen atoms in total. The molecule has 1 aliphatic heterocycles. The highest BCUT2D eigenvalue weighted by Gasteiger charge is 2.25. The van der Waals surface area contributed by atoms with Crippen LogP contribution in [0.1, 0.15) is 38.3 Å². The van der Waals surface area contributed by atoms with Gasteiger partial charge in [0.15, 0.2) is 9.84 Å². The predicted octanol–water partition coefficient (Wildman–Crippen LogP) is 3.36. The molecule has 10 heteroatoms. The second-order valence-electron chi connectivity index (χ2n) is 9.58. The molecule has 0 bridgehead atoms. The van der Waals surface area contributed by atoms with Gasteiger partial charge in [-0.2, -0.15) is 0 Å². The third-order valence-corrected chi connectivity index (χ3v) is 7.65. The van der Waals surface area contributed by atoms with E-state index in [9.17, 15) is 13.5 Å². The number of benzene rings is 2. The van der Waals surface area contributed by atoms with Crippen molar-refractivity contribution in [3.05, 3.63) is 60.4 Å². The zero-order valence-electron chi connectivity index (χ0n) is 20.0. The van der Waals surface area contributed by atoms with E-state index in [0.717, 1.165) is 48.1 Å². The molecule has 0 unspecified atom stereocenters. The van der Waals surface area contributed by atoms with E-state index in [-0.39, 0.29) is 6.04 Å². The van der Waals surface area contributed by atoms with Crippen LogP contribution in [0.15, 0.2) is 59.8 Å². The van der Waals surface area contributed by atoms with E-state index in [1.807, 2.05) is 35.0 Å². The van der Waals surface area contributed by atoms with Crippen molar-refractivity contribution in [2.45, 2.75) is 43.2 Å². The molecule has 1 fully saturated rings. The number of sulfone groups is 1. The Labute approximate surface area is 204 Å². The van der Waals surface area contributed by atoms with Gasteiger partial charge in [-0.3, -0.25) is 0 Å². The molecule has 3 heterocycles. The summed E-state index contributed by atoms with van der Waals surface area (Å²) in [5, 5.41) is 19.0. The minimum atomic E-state index is -3.22. The number of aromatic nitrogens is 5. The normalized spacial score (nSPS) is 15.6. The van der Waals surface area contributed by atoms with Crippen molar-refractivity contribution in [3.8, 4) is 11.1 Å². The van der Waals surface area contributed by atoms with Gasteiger partial charge in [-0.1, -0.05) is 23.4 Å². The SMILES string of the molecule is CC(C)(O)c1cnc(N2CCC(n3nnc4cc(-c5ccc(S(C)(=O)=O)cc5)ccc43)CC2)nc1. The van der Waals surface area contributed by atoms with Crippen LogP contribution < -0.4 is 4.90 Å². The zero-order chi connectivity index (χ0) is 24.8. The van der Waals surface area contributed by atoms with Crippen LogP contribution in [0.2, 0.25) is 0 Å². The molecule has 2 aromatic heterocycles. The Morgan fingerprint density at radius 1 is 0.971 bits per heavy atom. The highest BCUT2D eigenvalue weighted by Crippen LogP contribution is 2.30. The number of fused-ring (bicyclic) bond motifs is 1. The fourth-order valence-electron chi connectivity index (χ4n) is 4.40. The van der Waals surface area contributed by atoms with Crippen molar-refractivity contribution in [3.63, 3.8) is 0 Å². The average molecular weight is 493 g/mol. The molecule has 4 aromatic rings. The zero-order valence-corrected chi connectivity index (χ0v) is 20.8. The Morgan fingerprint density at radius 3 is 2.20 bits per heavy atom. The molecule has 1 saturated heterocycles. The predicted molar refractivity (Wildman–Crippen MR) is 134 cm³/mol. The topological polar surface area (TPSA) is 114 Å². The van der Waals surface area contributed by atoms with E-state index in [4.69, 9.17) is 0 Å². The van der Waals surface area contributed by atoms with Crippen molar-refractivity contribution in [2.75, 3.05) is 24.2 Å². The van der Waals surface area contributed by atoms with Crippen LogP contribution in [0.4, 0.5) is 5.95 Å². The summed E-state index contributed by atoms with van der Waals surface area (Å²) in [5.41, 5.74) is 3.41. The van der Waals surface area contributed by atoms with Crippen molar-refractivity contribution >= 4 is 26.8 Å². The summed E-state index contributed by atoms with van der Waals surface area (Å²) in [6.07, 6.45) is 6.36. The molecule has 0 spiro atoms. The molecule has 1 aliphatic rings. The van der Waals surface area contributed by atoms with Crippen LogP contribution in [0.25, 0.3) is 22.2 Å². The standard InChI is InChI=1S/C25H28N6O3S/c1-25(2,32)19-15-26-24(27-16-19)30-12-10-20(11-13-30)31-23-9-6-18(14-22(23)28-29-31)17-4-7-21(8-5-17)35(3,33)34/h4-9,14-16,20,32H,10-13H2,1-3H3. The summed E-state index contributed by atoms with van der Waals surface area (Å²) < 4.78 is 25.4. The summed E-state index contributed by atoms with van der Waals surface area (Å²) in [6, 6.07) is 13.1. The van der Waals surface area contributed by atoms with Gasteiger partial charge in [0.25, 0.3) is 0 Å². The Balaban J connectivity index is 1.30. The molecule has 0 aliphatic carbocycles. The minimum absolute atomic E-state index is 0.229. The van der Waals surface area contributed by atoms with Gasteiger partial charge in [0.2, 0.25) is 5.95 Å². The molecule has 35 heavy (non-hydrogen) atoms. The van der Waals surface area contributed by atoms with Crippen LogP contribution in [-0.4, -0.2) is 57.8 Å². The monoisotopic (exact) mass is 492 g/mol. The first-order valence-electron chi connectivity index (χ1n) is 11.5. The van der Waals surface area contributed by atoms with Crippen molar-refractivity contribution in [1.82, 2.24) is 25.0 Å². The van der Waals surface area contributed by atoms with Crippen LogP contribution in [-0.2, 0) is 15.4 Å². The third-order valence-electron chi connectivity index (χ3n) is 6.52. The first-order chi connectivity index (χ1) is 16.6. The van der Waals surface area contributed by atoms with Crippen LogP contribution in [0, 0.1) is 0 Å².